The highest BCUT2D eigenvalue weighted by Crippen LogP contribution is 2.29. The zero-order valence-corrected chi connectivity index (χ0v) is 15.6. The summed E-state index contributed by atoms with van der Waals surface area (Å²) in [5, 5.41) is 3.41. The Labute approximate surface area is 157 Å². The highest BCUT2D eigenvalue weighted by molar-refractivity contribution is 8.00. The van der Waals surface area contributed by atoms with Crippen LogP contribution in [-0.2, 0) is 11.3 Å². The van der Waals surface area contributed by atoms with Crippen LogP contribution in [0.5, 0.6) is 5.75 Å². The van der Waals surface area contributed by atoms with Gasteiger partial charge in [-0.3, -0.25) is 4.79 Å². The number of nitrogens with one attached hydrogen (secondary N) is 1. The van der Waals surface area contributed by atoms with E-state index in [9.17, 15) is 4.79 Å². The third-order valence-electron chi connectivity index (χ3n) is 3.95. The molecule has 1 aromatic heterocycles. The number of fused-ring (bicyclic) bond motifs is 1. The number of amides is 1. The van der Waals surface area contributed by atoms with Crippen molar-refractivity contribution < 1.29 is 9.53 Å². The van der Waals surface area contributed by atoms with Crippen LogP contribution in [0.2, 0.25) is 0 Å². The minimum atomic E-state index is -0.319. The normalized spacial score (nSPS) is 11.9. The van der Waals surface area contributed by atoms with Gasteiger partial charge in [0.2, 0.25) is 5.91 Å². The maximum Gasteiger partial charge on any atom is 0.237 e. The molecule has 0 radical (unpaired) electrons. The molecule has 3 aromatic rings. The minimum absolute atomic E-state index is 0.100. The van der Waals surface area contributed by atoms with Crippen LogP contribution in [0.1, 0.15) is 6.92 Å². The Morgan fingerprint density at radius 3 is 2.81 bits per heavy atom. The van der Waals surface area contributed by atoms with Crippen molar-refractivity contribution in [1.82, 2.24) is 9.55 Å². The molecule has 6 heteroatoms. The van der Waals surface area contributed by atoms with Gasteiger partial charge in [-0.1, -0.05) is 42.1 Å². The molecule has 5 nitrogen and oxygen atoms in total. The number of carbonyl (C=O) groups excluding carboxylic acids is 1. The number of benzene rings is 2. The summed E-state index contributed by atoms with van der Waals surface area (Å²) in [4.78, 5) is 17.3. The second-order valence-corrected chi connectivity index (χ2v) is 7.04. The van der Waals surface area contributed by atoms with Crippen molar-refractivity contribution in [3.05, 3.63) is 61.2 Å². The molecule has 0 spiro atoms. The van der Waals surface area contributed by atoms with Crippen LogP contribution in [0, 0.1) is 0 Å². The molecule has 3 rings (SSSR count). The predicted molar refractivity (Wildman–Crippen MR) is 107 cm³/mol. The number of thioether (sulfide) groups is 1. The van der Waals surface area contributed by atoms with Crippen LogP contribution < -0.4 is 10.1 Å². The van der Waals surface area contributed by atoms with E-state index in [2.05, 4.69) is 21.4 Å². The number of carbonyl (C=O) groups is 1. The van der Waals surface area contributed by atoms with Gasteiger partial charge in [-0.2, -0.15) is 0 Å². The fourth-order valence-electron chi connectivity index (χ4n) is 2.64. The first-order valence-corrected chi connectivity index (χ1v) is 9.18. The number of para-hydroxylation sites is 4. The van der Waals surface area contributed by atoms with Crippen molar-refractivity contribution in [3.8, 4) is 5.75 Å². The summed E-state index contributed by atoms with van der Waals surface area (Å²) in [5.74, 6) is 0.536. The Bertz CT molecular complexity index is 936. The lowest BCUT2D eigenvalue weighted by molar-refractivity contribution is -0.115. The fourth-order valence-corrected chi connectivity index (χ4v) is 3.58. The fraction of sp³-hybridized carbons (Fsp3) is 0.200. The van der Waals surface area contributed by atoms with E-state index in [1.54, 1.807) is 7.11 Å². The van der Waals surface area contributed by atoms with Crippen LogP contribution >= 0.6 is 11.8 Å². The smallest absolute Gasteiger partial charge is 0.237 e. The Kier molecular flexibility index (Phi) is 5.63. The maximum atomic E-state index is 12.6. The molecule has 1 unspecified atom stereocenters. The van der Waals surface area contributed by atoms with Gasteiger partial charge in [-0.15, -0.1) is 6.58 Å². The lowest BCUT2D eigenvalue weighted by Crippen LogP contribution is -2.23. The summed E-state index contributed by atoms with van der Waals surface area (Å²) in [6.45, 7) is 6.33. The van der Waals surface area contributed by atoms with Gasteiger partial charge >= 0.3 is 0 Å². The van der Waals surface area contributed by atoms with E-state index in [4.69, 9.17) is 4.74 Å². The molecule has 0 bridgehead atoms. The zero-order valence-electron chi connectivity index (χ0n) is 14.8. The van der Waals surface area contributed by atoms with Crippen molar-refractivity contribution in [1.29, 1.82) is 0 Å². The maximum absolute atomic E-state index is 12.6. The first-order valence-electron chi connectivity index (χ1n) is 8.30. The molecule has 0 aliphatic heterocycles. The van der Waals surface area contributed by atoms with E-state index in [1.807, 2.05) is 61.5 Å². The summed E-state index contributed by atoms with van der Waals surface area (Å²) in [5.41, 5.74) is 2.61. The van der Waals surface area contributed by atoms with Crippen molar-refractivity contribution in [3.63, 3.8) is 0 Å². The summed E-state index contributed by atoms with van der Waals surface area (Å²) in [6, 6.07) is 15.3. The van der Waals surface area contributed by atoms with Gasteiger partial charge in [0.05, 0.1) is 29.1 Å². The van der Waals surface area contributed by atoms with Crippen molar-refractivity contribution >= 4 is 34.4 Å². The quantitative estimate of drug-likeness (QED) is 0.498. The molecule has 26 heavy (non-hydrogen) atoms. The molecule has 134 valence electrons. The van der Waals surface area contributed by atoms with Crippen LogP contribution in [0.15, 0.2) is 66.3 Å². The average molecular weight is 367 g/mol. The molecule has 0 aliphatic carbocycles. The Morgan fingerprint density at radius 2 is 2.04 bits per heavy atom. The molecule has 1 atom stereocenters. The van der Waals surface area contributed by atoms with Gasteiger partial charge in [0.15, 0.2) is 5.16 Å². The number of anilines is 1. The minimum Gasteiger partial charge on any atom is -0.495 e. The molecule has 0 saturated heterocycles. The van der Waals surface area contributed by atoms with Crippen LogP contribution in [0.3, 0.4) is 0 Å². The van der Waals surface area contributed by atoms with Gasteiger partial charge in [0, 0.05) is 6.54 Å². The summed E-state index contributed by atoms with van der Waals surface area (Å²) in [6.07, 6.45) is 1.83. The van der Waals surface area contributed by atoms with Gasteiger partial charge < -0.3 is 14.6 Å². The van der Waals surface area contributed by atoms with Gasteiger partial charge in [0.25, 0.3) is 0 Å². The second kappa shape index (κ2) is 8.10. The lowest BCUT2D eigenvalue weighted by atomic mass is 10.3. The first kappa shape index (κ1) is 18.1. The third-order valence-corrected chi connectivity index (χ3v) is 5.04. The molecule has 1 N–H and O–H groups in total. The van der Waals surface area contributed by atoms with Crippen LogP contribution in [0.4, 0.5) is 5.69 Å². The number of imidazole rings is 1. The standard InChI is InChI=1S/C20H21N3O2S/c1-4-13-23-17-11-7-5-9-15(17)22-20(23)26-14(2)19(24)21-16-10-6-8-12-18(16)25-3/h4-12,14H,1,13H2,2-3H3,(H,21,24). The van der Waals surface area contributed by atoms with E-state index in [-0.39, 0.29) is 11.2 Å². The Balaban J connectivity index is 1.80. The number of allylic oxidation sites excluding steroid dienone is 1. The topological polar surface area (TPSA) is 56.2 Å². The van der Waals surface area contributed by atoms with E-state index in [0.29, 0.717) is 18.0 Å². The molecule has 1 amide bonds. The van der Waals surface area contributed by atoms with Crippen molar-refractivity contribution in [2.75, 3.05) is 12.4 Å². The van der Waals surface area contributed by atoms with Gasteiger partial charge in [0.1, 0.15) is 5.75 Å². The lowest BCUT2D eigenvalue weighted by Gasteiger charge is -2.14. The number of hydrogen-bond donors (Lipinski definition) is 1. The number of aromatic nitrogens is 2. The number of nitrogens with zero attached hydrogens (tertiary/aromatic N) is 2. The summed E-state index contributed by atoms with van der Waals surface area (Å²) < 4.78 is 7.36. The summed E-state index contributed by atoms with van der Waals surface area (Å²) >= 11 is 1.43. The molecular weight excluding hydrogens is 346 g/mol. The number of methoxy groups -OCH3 is 1. The van der Waals surface area contributed by atoms with Crippen LogP contribution in [0.25, 0.3) is 11.0 Å². The molecule has 1 heterocycles. The van der Waals surface area contributed by atoms with E-state index < -0.39 is 0 Å². The monoisotopic (exact) mass is 367 g/mol. The highest BCUT2D eigenvalue weighted by Gasteiger charge is 2.20. The predicted octanol–water partition coefficient (Wildman–Crippen LogP) is 4.35. The Hall–Kier alpha value is -2.73. The van der Waals surface area contributed by atoms with E-state index in [1.165, 1.54) is 11.8 Å². The van der Waals surface area contributed by atoms with Crippen LogP contribution in [-0.4, -0.2) is 27.8 Å². The number of rotatable bonds is 7. The second-order valence-electron chi connectivity index (χ2n) is 5.73. The van der Waals surface area contributed by atoms with E-state index >= 15 is 0 Å². The molecule has 0 saturated carbocycles. The zero-order chi connectivity index (χ0) is 18.5. The third kappa shape index (κ3) is 3.75. The van der Waals surface area contributed by atoms with Crippen molar-refractivity contribution in [2.45, 2.75) is 23.9 Å². The van der Waals surface area contributed by atoms with Gasteiger partial charge in [-0.25, -0.2) is 4.98 Å². The Morgan fingerprint density at radius 1 is 1.31 bits per heavy atom. The first-order chi connectivity index (χ1) is 12.6. The number of ether oxygens (including phenoxy) is 1. The molecule has 2 aromatic carbocycles. The highest BCUT2D eigenvalue weighted by atomic mass is 32.2. The van der Waals surface area contributed by atoms with E-state index in [0.717, 1.165) is 16.2 Å². The SMILES string of the molecule is C=CCn1c(SC(C)C(=O)Nc2ccccc2OC)nc2ccccc21. The summed E-state index contributed by atoms with van der Waals surface area (Å²) in [7, 11) is 1.58. The average Bonchev–Trinajstić information content (AvgIpc) is 3.00. The number of hydrogen-bond acceptors (Lipinski definition) is 4. The molecular formula is C20H21N3O2S. The van der Waals surface area contributed by atoms with Crippen molar-refractivity contribution in [2.24, 2.45) is 0 Å². The van der Waals surface area contributed by atoms with Gasteiger partial charge in [-0.05, 0) is 31.2 Å². The molecule has 0 aliphatic rings. The largest absolute Gasteiger partial charge is 0.495 e. The molecule has 0 fully saturated rings.